The Kier molecular flexibility index (Phi) is 4.68. The van der Waals surface area contributed by atoms with Gasteiger partial charge in [0, 0.05) is 17.9 Å². The molecule has 1 aliphatic rings. The maximum atomic E-state index is 11.3. The lowest BCUT2D eigenvalue weighted by atomic mass is 10.2. The number of allylic oxidation sites excluding steroid dienone is 1. The molecule has 0 aromatic rings. The number of nitrogens with one attached hydrogen (secondary N) is 1. The van der Waals surface area contributed by atoms with E-state index in [1.807, 2.05) is 6.92 Å². The lowest BCUT2D eigenvalue weighted by molar-refractivity contribution is -0.135. The number of hydrogen-bond donors (Lipinski definition) is 1. The van der Waals surface area contributed by atoms with Crippen molar-refractivity contribution in [3.63, 3.8) is 0 Å². The van der Waals surface area contributed by atoms with E-state index in [1.54, 1.807) is 0 Å². The number of methoxy groups -OCH3 is 1. The molecule has 0 unspecified atom stereocenters. The van der Waals surface area contributed by atoms with E-state index in [0.29, 0.717) is 17.0 Å². The molecule has 0 aliphatic carbocycles. The van der Waals surface area contributed by atoms with E-state index >= 15 is 0 Å². The van der Waals surface area contributed by atoms with Gasteiger partial charge in [-0.2, -0.15) is 0 Å². The van der Waals surface area contributed by atoms with Crippen molar-refractivity contribution in [2.75, 3.05) is 12.9 Å². The second-order valence-corrected chi connectivity index (χ2v) is 4.30. The van der Waals surface area contributed by atoms with Gasteiger partial charge in [-0.3, -0.25) is 4.79 Å². The largest absolute Gasteiger partial charge is 0.465 e. The molecule has 4 nitrogen and oxygen atoms in total. The Morgan fingerprint density at radius 1 is 1.53 bits per heavy atom. The van der Waals surface area contributed by atoms with E-state index in [1.165, 1.54) is 18.9 Å². The van der Waals surface area contributed by atoms with E-state index in [4.69, 9.17) is 0 Å². The number of ether oxygens (including phenoxy) is 1. The normalized spacial score (nSPS) is 15.3. The summed E-state index contributed by atoms with van der Waals surface area (Å²) < 4.78 is 4.64. The highest BCUT2D eigenvalue weighted by Crippen LogP contribution is 2.30. The molecule has 5 heteroatoms. The van der Waals surface area contributed by atoms with Crippen LogP contribution in [0.25, 0.3) is 0 Å². The summed E-state index contributed by atoms with van der Waals surface area (Å²) in [6.07, 6.45) is 2.02. The van der Waals surface area contributed by atoms with Crippen molar-refractivity contribution in [2.45, 2.75) is 26.2 Å². The van der Waals surface area contributed by atoms with Crippen molar-refractivity contribution >= 4 is 23.6 Å². The predicted octanol–water partition coefficient (Wildman–Crippen LogP) is 1.42. The number of carbonyl (C=O) groups excluding carboxylic acids is 2. The fraction of sp³-hybridized carbons (Fsp3) is 0.600. The number of amides is 1. The molecule has 1 N–H and O–H groups in total. The molecule has 1 amide bonds. The molecule has 0 atom stereocenters. The molecular weight excluding hydrogens is 214 g/mol. The number of carbonyl (C=O) groups is 2. The Morgan fingerprint density at radius 2 is 2.27 bits per heavy atom. The zero-order chi connectivity index (χ0) is 11.3. The minimum absolute atomic E-state index is 0.0311. The summed E-state index contributed by atoms with van der Waals surface area (Å²) >= 11 is 1.43. The molecule has 0 aromatic carbocycles. The Hall–Kier alpha value is -0.970. The quantitative estimate of drug-likeness (QED) is 0.741. The summed E-state index contributed by atoms with van der Waals surface area (Å²) in [6, 6.07) is 0. The van der Waals surface area contributed by atoms with Gasteiger partial charge in [-0.15, -0.1) is 11.8 Å². The summed E-state index contributed by atoms with van der Waals surface area (Å²) in [7, 11) is 1.35. The molecule has 1 heterocycles. The minimum Gasteiger partial charge on any atom is -0.465 e. The first-order chi connectivity index (χ1) is 7.19. The van der Waals surface area contributed by atoms with Gasteiger partial charge >= 0.3 is 5.97 Å². The van der Waals surface area contributed by atoms with Crippen LogP contribution in [0.1, 0.15) is 26.2 Å². The van der Waals surface area contributed by atoms with Gasteiger partial charge in [0.25, 0.3) is 0 Å². The molecule has 0 fully saturated rings. The van der Waals surface area contributed by atoms with E-state index < -0.39 is 0 Å². The summed E-state index contributed by atoms with van der Waals surface area (Å²) in [4.78, 5) is 23.2. The first kappa shape index (κ1) is 12.1. The smallest absolute Gasteiger partial charge is 0.346 e. The third-order valence-electron chi connectivity index (χ3n) is 2.01. The second-order valence-electron chi connectivity index (χ2n) is 3.20. The summed E-state index contributed by atoms with van der Waals surface area (Å²) in [5, 5.41) is 2.76. The molecular formula is C10H15NO3S. The summed E-state index contributed by atoms with van der Waals surface area (Å²) in [6.45, 7) is 1.94. The highest BCUT2D eigenvalue weighted by molar-refractivity contribution is 8.04. The highest BCUT2D eigenvalue weighted by atomic mass is 32.2. The van der Waals surface area contributed by atoms with Crippen LogP contribution in [0.3, 0.4) is 0 Å². The second kappa shape index (κ2) is 5.80. The van der Waals surface area contributed by atoms with Crippen LogP contribution in [-0.2, 0) is 14.3 Å². The first-order valence-corrected chi connectivity index (χ1v) is 5.91. The maximum absolute atomic E-state index is 11.3. The number of thioether (sulfide) groups is 1. The van der Waals surface area contributed by atoms with E-state index in [2.05, 4.69) is 10.1 Å². The van der Waals surface area contributed by atoms with Crippen LogP contribution in [0.4, 0.5) is 0 Å². The Labute approximate surface area is 93.4 Å². The van der Waals surface area contributed by atoms with Crippen LogP contribution in [0.15, 0.2) is 10.6 Å². The molecule has 0 spiro atoms. The summed E-state index contributed by atoms with van der Waals surface area (Å²) in [5.74, 6) is 0.437. The predicted molar refractivity (Wildman–Crippen MR) is 59.2 cm³/mol. The zero-order valence-corrected chi connectivity index (χ0v) is 9.78. The van der Waals surface area contributed by atoms with Crippen LogP contribution in [-0.4, -0.2) is 24.7 Å². The van der Waals surface area contributed by atoms with E-state index in [0.717, 1.165) is 18.6 Å². The standard InChI is InChI=1S/C10H15NO3S/c1-3-4-8(12)11-7-5-6-15-9(7)10(13)14-2/h3-6H2,1-2H3,(H,11,12). The Balaban J connectivity index is 2.65. The average Bonchev–Trinajstić information content (AvgIpc) is 2.65. The molecule has 0 saturated carbocycles. The fourth-order valence-corrected chi connectivity index (χ4v) is 2.35. The van der Waals surface area contributed by atoms with Crippen molar-refractivity contribution in [3.8, 4) is 0 Å². The highest BCUT2D eigenvalue weighted by Gasteiger charge is 2.23. The van der Waals surface area contributed by atoms with Crippen LogP contribution in [0.5, 0.6) is 0 Å². The lowest BCUT2D eigenvalue weighted by Gasteiger charge is -2.06. The molecule has 0 radical (unpaired) electrons. The molecule has 84 valence electrons. The van der Waals surface area contributed by atoms with Gasteiger partial charge < -0.3 is 10.1 Å². The number of hydrogen-bond acceptors (Lipinski definition) is 4. The van der Waals surface area contributed by atoms with Crippen LogP contribution >= 0.6 is 11.8 Å². The van der Waals surface area contributed by atoms with Crippen LogP contribution in [0, 0.1) is 0 Å². The SMILES string of the molecule is CCCC(=O)NC1=C(C(=O)OC)SCC1. The van der Waals surface area contributed by atoms with Crippen molar-refractivity contribution in [2.24, 2.45) is 0 Å². The van der Waals surface area contributed by atoms with Gasteiger partial charge in [-0.1, -0.05) is 6.92 Å². The third kappa shape index (κ3) is 3.27. The number of rotatable bonds is 4. The minimum atomic E-state index is -0.357. The fourth-order valence-electron chi connectivity index (χ4n) is 1.31. The van der Waals surface area contributed by atoms with Gasteiger partial charge in [0.05, 0.1) is 7.11 Å². The number of esters is 1. The van der Waals surface area contributed by atoms with E-state index in [9.17, 15) is 9.59 Å². The molecule has 1 rings (SSSR count). The van der Waals surface area contributed by atoms with Gasteiger partial charge in [-0.05, 0) is 12.8 Å². The van der Waals surface area contributed by atoms with Gasteiger partial charge in [-0.25, -0.2) is 4.79 Å². The maximum Gasteiger partial charge on any atom is 0.346 e. The van der Waals surface area contributed by atoms with Crippen molar-refractivity contribution < 1.29 is 14.3 Å². The van der Waals surface area contributed by atoms with Crippen molar-refractivity contribution in [3.05, 3.63) is 10.6 Å². The van der Waals surface area contributed by atoms with Crippen LogP contribution in [0.2, 0.25) is 0 Å². The summed E-state index contributed by atoms with van der Waals surface area (Å²) in [5.41, 5.74) is 0.713. The Morgan fingerprint density at radius 3 is 2.87 bits per heavy atom. The van der Waals surface area contributed by atoms with Gasteiger partial charge in [0.2, 0.25) is 5.91 Å². The van der Waals surface area contributed by atoms with Gasteiger partial charge in [0.15, 0.2) is 0 Å². The van der Waals surface area contributed by atoms with Crippen molar-refractivity contribution in [1.29, 1.82) is 0 Å². The lowest BCUT2D eigenvalue weighted by Crippen LogP contribution is -2.23. The first-order valence-electron chi connectivity index (χ1n) is 4.93. The molecule has 1 aliphatic heterocycles. The molecule has 0 saturated heterocycles. The van der Waals surface area contributed by atoms with Gasteiger partial charge in [0.1, 0.15) is 4.91 Å². The molecule has 0 aromatic heterocycles. The van der Waals surface area contributed by atoms with Crippen molar-refractivity contribution in [1.82, 2.24) is 5.32 Å². The topological polar surface area (TPSA) is 55.4 Å². The average molecular weight is 229 g/mol. The zero-order valence-electron chi connectivity index (χ0n) is 8.96. The van der Waals surface area contributed by atoms with E-state index in [-0.39, 0.29) is 11.9 Å². The molecule has 15 heavy (non-hydrogen) atoms. The van der Waals surface area contributed by atoms with Crippen LogP contribution < -0.4 is 5.32 Å². The molecule has 0 bridgehead atoms. The Bertz CT molecular complexity index is 299. The monoisotopic (exact) mass is 229 g/mol. The third-order valence-corrected chi connectivity index (χ3v) is 3.12.